The minimum atomic E-state index is -3.50. The van der Waals surface area contributed by atoms with Gasteiger partial charge in [-0.15, -0.1) is 0 Å². The Kier molecular flexibility index (Phi) is 6.51. The van der Waals surface area contributed by atoms with Gasteiger partial charge < -0.3 is 4.74 Å². The maximum Gasteiger partial charge on any atom is 0.244 e. The smallest absolute Gasteiger partial charge is 0.244 e. The predicted molar refractivity (Wildman–Crippen MR) is 107 cm³/mol. The molecule has 0 bridgehead atoms. The Hall–Kier alpha value is -1.21. The van der Waals surface area contributed by atoms with Crippen LogP contribution in [0.1, 0.15) is 30.4 Å². The van der Waals surface area contributed by atoms with Crippen molar-refractivity contribution >= 4 is 26.0 Å². The van der Waals surface area contributed by atoms with Gasteiger partial charge in [-0.05, 0) is 65.4 Å². The highest BCUT2D eigenvalue weighted by Gasteiger charge is 2.29. The van der Waals surface area contributed by atoms with Gasteiger partial charge in [-0.3, -0.25) is 0 Å². The normalized spacial score (nSPS) is 19.2. The van der Waals surface area contributed by atoms with Gasteiger partial charge >= 0.3 is 0 Å². The Bertz CT molecular complexity index is 839. The van der Waals surface area contributed by atoms with Crippen molar-refractivity contribution < 1.29 is 13.2 Å². The van der Waals surface area contributed by atoms with Gasteiger partial charge in [0, 0.05) is 17.6 Å². The van der Waals surface area contributed by atoms with E-state index in [4.69, 9.17) is 4.74 Å². The van der Waals surface area contributed by atoms with Gasteiger partial charge in [-0.2, -0.15) is 4.31 Å². The lowest BCUT2D eigenvalue weighted by Gasteiger charge is -2.21. The zero-order chi connectivity index (χ0) is 18.6. The molecule has 1 saturated heterocycles. The van der Waals surface area contributed by atoms with E-state index < -0.39 is 10.0 Å². The molecule has 3 rings (SSSR count). The number of ether oxygens (including phenoxy) is 1. The second-order valence-electron chi connectivity index (χ2n) is 6.69. The van der Waals surface area contributed by atoms with E-state index in [1.807, 2.05) is 43.3 Å². The minimum absolute atomic E-state index is 0.0938. The Labute approximate surface area is 164 Å². The van der Waals surface area contributed by atoms with Gasteiger partial charge in [0.2, 0.25) is 10.0 Å². The fourth-order valence-electron chi connectivity index (χ4n) is 3.18. The number of halogens is 1. The third-order valence-corrected chi connectivity index (χ3v) is 7.56. The molecule has 1 unspecified atom stereocenters. The van der Waals surface area contributed by atoms with Crippen molar-refractivity contribution in [3.8, 4) is 0 Å². The van der Waals surface area contributed by atoms with Crippen LogP contribution in [0.3, 0.4) is 0 Å². The number of hydrogen-bond acceptors (Lipinski definition) is 3. The Balaban J connectivity index is 1.65. The fraction of sp³-hybridized carbons (Fsp3) is 0.400. The molecule has 1 aliphatic heterocycles. The summed E-state index contributed by atoms with van der Waals surface area (Å²) in [5, 5.41) is 0. The molecular weight excluding hydrogens is 414 g/mol. The molecule has 6 heteroatoms. The first-order valence-corrected chi connectivity index (χ1v) is 11.1. The monoisotopic (exact) mass is 437 g/mol. The highest BCUT2D eigenvalue weighted by atomic mass is 79.9. The van der Waals surface area contributed by atoms with Crippen LogP contribution in [0.25, 0.3) is 0 Å². The average molecular weight is 438 g/mol. The quantitative estimate of drug-likeness (QED) is 0.690. The molecule has 140 valence electrons. The van der Waals surface area contributed by atoms with Gasteiger partial charge in [-0.25, -0.2) is 8.42 Å². The molecule has 26 heavy (non-hydrogen) atoms. The summed E-state index contributed by atoms with van der Waals surface area (Å²) in [5.41, 5.74) is 2.08. The van der Waals surface area contributed by atoms with E-state index in [1.54, 1.807) is 16.4 Å². The van der Waals surface area contributed by atoms with Gasteiger partial charge in [0.25, 0.3) is 0 Å². The van der Waals surface area contributed by atoms with Crippen LogP contribution in [-0.2, 0) is 21.4 Å². The average Bonchev–Trinajstić information content (AvgIpc) is 2.89. The van der Waals surface area contributed by atoms with E-state index in [-0.39, 0.29) is 6.10 Å². The molecule has 0 spiro atoms. The van der Waals surface area contributed by atoms with Crippen LogP contribution >= 0.6 is 15.9 Å². The molecule has 0 radical (unpaired) electrons. The standard InChI is InChI=1S/C20H24BrNO3S/c1-16-9-10-19(21)20(14-16)26(23,24)22-12-5-8-18(11-13-22)25-15-17-6-3-2-4-7-17/h2-4,6-7,9-10,14,18H,5,8,11-13,15H2,1H3. The third kappa shape index (κ3) is 4.74. The molecule has 2 aromatic rings. The summed E-state index contributed by atoms with van der Waals surface area (Å²) in [6, 6.07) is 15.5. The van der Waals surface area contributed by atoms with E-state index in [9.17, 15) is 8.42 Å². The molecule has 0 aromatic heterocycles. The van der Waals surface area contributed by atoms with Crippen LogP contribution in [0.2, 0.25) is 0 Å². The summed E-state index contributed by atoms with van der Waals surface area (Å²) < 4.78 is 34.3. The molecular formula is C20H24BrNO3S. The highest BCUT2D eigenvalue weighted by molar-refractivity contribution is 9.10. The third-order valence-electron chi connectivity index (χ3n) is 4.67. The Morgan fingerprint density at radius 3 is 2.65 bits per heavy atom. The van der Waals surface area contributed by atoms with Crippen molar-refractivity contribution in [2.24, 2.45) is 0 Å². The van der Waals surface area contributed by atoms with Crippen molar-refractivity contribution in [2.75, 3.05) is 13.1 Å². The Morgan fingerprint density at radius 1 is 1.12 bits per heavy atom. The maximum absolute atomic E-state index is 13.1. The number of rotatable bonds is 5. The number of hydrogen-bond donors (Lipinski definition) is 0. The maximum atomic E-state index is 13.1. The zero-order valence-corrected chi connectivity index (χ0v) is 17.3. The summed E-state index contributed by atoms with van der Waals surface area (Å²) in [7, 11) is -3.50. The van der Waals surface area contributed by atoms with Crippen LogP contribution in [0.15, 0.2) is 57.9 Å². The fourth-order valence-corrected chi connectivity index (χ4v) is 5.69. The summed E-state index contributed by atoms with van der Waals surface area (Å²) in [4.78, 5) is 0.348. The first-order valence-electron chi connectivity index (χ1n) is 8.88. The summed E-state index contributed by atoms with van der Waals surface area (Å²) >= 11 is 3.38. The van der Waals surface area contributed by atoms with E-state index in [2.05, 4.69) is 15.9 Å². The van der Waals surface area contributed by atoms with Gasteiger partial charge in [0.1, 0.15) is 0 Å². The van der Waals surface area contributed by atoms with Crippen molar-refractivity contribution in [3.05, 3.63) is 64.1 Å². The SMILES string of the molecule is Cc1ccc(Br)c(S(=O)(=O)N2CCCC(OCc3ccccc3)CC2)c1. The van der Waals surface area contributed by atoms with Crippen LogP contribution < -0.4 is 0 Å². The zero-order valence-electron chi connectivity index (χ0n) is 14.9. The molecule has 0 aliphatic carbocycles. The molecule has 1 fully saturated rings. The molecule has 1 atom stereocenters. The van der Waals surface area contributed by atoms with Crippen molar-refractivity contribution in [2.45, 2.75) is 43.8 Å². The molecule has 4 nitrogen and oxygen atoms in total. The number of sulfonamides is 1. The van der Waals surface area contributed by atoms with Crippen molar-refractivity contribution in [1.82, 2.24) is 4.31 Å². The van der Waals surface area contributed by atoms with Crippen LogP contribution in [0.4, 0.5) is 0 Å². The first kappa shape index (κ1) is 19.5. The number of nitrogens with zero attached hydrogens (tertiary/aromatic N) is 1. The molecule has 2 aromatic carbocycles. The van der Waals surface area contributed by atoms with E-state index in [1.165, 1.54) is 0 Å². The largest absolute Gasteiger partial charge is 0.373 e. The van der Waals surface area contributed by atoms with Crippen LogP contribution in [0, 0.1) is 6.92 Å². The molecule has 0 amide bonds. The lowest BCUT2D eigenvalue weighted by Crippen LogP contribution is -2.32. The Morgan fingerprint density at radius 2 is 1.88 bits per heavy atom. The van der Waals surface area contributed by atoms with Crippen LogP contribution in [-0.4, -0.2) is 31.9 Å². The van der Waals surface area contributed by atoms with E-state index in [0.29, 0.717) is 29.1 Å². The molecule has 1 aliphatic rings. The lowest BCUT2D eigenvalue weighted by molar-refractivity contribution is 0.0323. The highest BCUT2D eigenvalue weighted by Crippen LogP contribution is 2.28. The second kappa shape index (κ2) is 8.65. The van der Waals surface area contributed by atoms with Crippen LogP contribution in [0.5, 0.6) is 0 Å². The molecule has 0 N–H and O–H groups in total. The summed E-state index contributed by atoms with van der Waals surface area (Å²) in [5.74, 6) is 0. The minimum Gasteiger partial charge on any atom is -0.373 e. The van der Waals surface area contributed by atoms with E-state index in [0.717, 1.165) is 30.4 Å². The predicted octanol–water partition coefficient (Wildman–Crippen LogP) is 4.52. The number of aryl methyl sites for hydroxylation is 1. The first-order chi connectivity index (χ1) is 12.5. The van der Waals surface area contributed by atoms with Gasteiger partial charge in [0.05, 0.1) is 17.6 Å². The van der Waals surface area contributed by atoms with E-state index >= 15 is 0 Å². The topological polar surface area (TPSA) is 46.6 Å². The van der Waals surface area contributed by atoms with Gasteiger partial charge in [0.15, 0.2) is 0 Å². The number of benzene rings is 2. The second-order valence-corrected chi connectivity index (χ2v) is 9.45. The van der Waals surface area contributed by atoms with Crippen molar-refractivity contribution in [1.29, 1.82) is 0 Å². The van der Waals surface area contributed by atoms with Gasteiger partial charge in [-0.1, -0.05) is 36.4 Å². The summed E-state index contributed by atoms with van der Waals surface area (Å²) in [6.07, 6.45) is 2.50. The van der Waals surface area contributed by atoms with Crippen molar-refractivity contribution in [3.63, 3.8) is 0 Å². The summed E-state index contributed by atoms with van der Waals surface area (Å²) in [6.45, 7) is 3.50. The molecule has 0 saturated carbocycles. The lowest BCUT2D eigenvalue weighted by atomic mass is 10.1. The molecule has 1 heterocycles.